The summed E-state index contributed by atoms with van der Waals surface area (Å²) in [4.78, 5) is 11.2. The van der Waals surface area contributed by atoms with Crippen molar-refractivity contribution in [1.82, 2.24) is 0 Å². The van der Waals surface area contributed by atoms with Gasteiger partial charge in [0.25, 0.3) is 0 Å². The van der Waals surface area contributed by atoms with E-state index in [2.05, 4.69) is 0 Å². The van der Waals surface area contributed by atoms with Crippen LogP contribution in [0.4, 0.5) is 0 Å². The molecule has 0 amide bonds. The lowest BCUT2D eigenvalue weighted by atomic mass is 9.70. The number of ketones is 1. The van der Waals surface area contributed by atoms with Crippen LogP contribution in [0.3, 0.4) is 0 Å². The minimum atomic E-state index is -0.350. The number of allylic oxidation sites excluding steroid dienone is 2. The van der Waals surface area contributed by atoms with Crippen molar-refractivity contribution in [3.8, 4) is 0 Å². The Morgan fingerprint density at radius 1 is 1.24 bits per heavy atom. The summed E-state index contributed by atoms with van der Waals surface area (Å²) in [5.74, 6) is 0.151. The zero-order chi connectivity index (χ0) is 12.9. The van der Waals surface area contributed by atoms with Gasteiger partial charge in [-0.25, -0.2) is 0 Å². The van der Waals surface area contributed by atoms with Crippen molar-refractivity contribution in [1.29, 1.82) is 0 Å². The Hall–Kier alpha value is -0.670. The highest BCUT2D eigenvalue weighted by molar-refractivity contribution is 5.90. The van der Waals surface area contributed by atoms with E-state index in [1.54, 1.807) is 6.08 Å². The number of aliphatic hydroxyl groups is 2. The lowest BCUT2D eigenvalue weighted by molar-refractivity contribution is -0.116. The average molecular weight is 240 g/mol. The molecule has 0 saturated heterocycles. The number of carbonyl (C=O) groups excluding carboxylic acids is 1. The van der Waals surface area contributed by atoms with E-state index < -0.39 is 0 Å². The van der Waals surface area contributed by atoms with Gasteiger partial charge in [0.1, 0.15) is 0 Å². The summed E-state index contributed by atoms with van der Waals surface area (Å²) < 4.78 is 0. The lowest BCUT2D eigenvalue weighted by Crippen LogP contribution is -2.31. The van der Waals surface area contributed by atoms with E-state index in [0.717, 1.165) is 6.42 Å². The molecule has 0 heterocycles. The van der Waals surface area contributed by atoms with Crippen LogP contribution in [-0.2, 0) is 4.79 Å². The van der Waals surface area contributed by atoms with Crippen LogP contribution in [0.1, 0.15) is 52.4 Å². The molecule has 0 bridgehead atoms. The van der Waals surface area contributed by atoms with Crippen LogP contribution in [0.2, 0.25) is 0 Å². The number of carbonyl (C=O) groups is 1. The van der Waals surface area contributed by atoms with E-state index in [1.807, 2.05) is 19.9 Å². The van der Waals surface area contributed by atoms with E-state index in [1.165, 1.54) is 0 Å². The van der Waals surface area contributed by atoms with Crippen LogP contribution < -0.4 is 0 Å². The SMILES string of the molecule is CCC(O)CC1(CC(O)CC)C=CC(=O)CC1. The monoisotopic (exact) mass is 240 g/mol. The Bertz CT molecular complexity index is 271. The number of hydrogen-bond acceptors (Lipinski definition) is 3. The normalized spacial score (nSPS) is 28.1. The molecule has 0 aromatic rings. The summed E-state index contributed by atoms with van der Waals surface area (Å²) >= 11 is 0. The van der Waals surface area contributed by atoms with Gasteiger partial charge in [-0.15, -0.1) is 0 Å². The molecule has 17 heavy (non-hydrogen) atoms. The van der Waals surface area contributed by atoms with Crippen molar-refractivity contribution >= 4 is 5.78 Å². The van der Waals surface area contributed by atoms with Crippen molar-refractivity contribution in [2.45, 2.75) is 64.6 Å². The molecule has 0 fully saturated rings. The minimum Gasteiger partial charge on any atom is -0.393 e. The molecule has 2 N–H and O–H groups in total. The van der Waals surface area contributed by atoms with Gasteiger partial charge in [0.2, 0.25) is 0 Å². The van der Waals surface area contributed by atoms with Gasteiger partial charge in [-0.1, -0.05) is 19.9 Å². The van der Waals surface area contributed by atoms with Crippen LogP contribution in [-0.4, -0.2) is 28.2 Å². The highest BCUT2D eigenvalue weighted by Crippen LogP contribution is 2.40. The Morgan fingerprint density at radius 3 is 2.12 bits per heavy atom. The summed E-state index contributed by atoms with van der Waals surface area (Å²) in [5.41, 5.74) is -0.196. The molecular formula is C14H24O3. The van der Waals surface area contributed by atoms with Gasteiger partial charge >= 0.3 is 0 Å². The van der Waals surface area contributed by atoms with E-state index in [0.29, 0.717) is 32.1 Å². The molecule has 3 heteroatoms. The van der Waals surface area contributed by atoms with Crippen molar-refractivity contribution in [3.05, 3.63) is 12.2 Å². The molecule has 0 radical (unpaired) electrons. The molecule has 0 aromatic carbocycles. The molecule has 0 aromatic heterocycles. The Kier molecular flexibility index (Phi) is 5.34. The maximum absolute atomic E-state index is 11.2. The van der Waals surface area contributed by atoms with Gasteiger partial charge in [-0.05, 0) is 43.6 Å². The zero-order valence-electron chi connectivity index (χ0n) is 10.9. The van der Waals surface area contributed by atoms with Gasteiger partial charge in [-0.3, -0.25) is 4.79 Å². The van der Waals surface area contributed by atoms with Crippen molar-refractivity contribution in [2.24, 2.45) is 5.41 Å². The second-order valence-corrected chi connectivity index (χ2v) is 5.19. The second-order valence-electron chi connectivity index (χ2n) is 5.19. The quantitative estimate of drug-likeness (QED) is 0.748. The molecule has 0 spiro atoms. The standard InChI is InChI=1S/C14H24O3/c1-3-11(15)9-14(10-12(16)4-2)7-5-13(17)6-8-14/h5,7,11-12,15-16H,3-4,6,8-10H2,1-2H3. The Labute approximate surface area is 104 Å². The molecule has 1 rings (SSSR count). The molecule has 2 atom stereocenters. The molecule has 98 valence electrons. The first-order valence-corrected chi connectivity index (χ1v) is 6.59. The summed E-state index contributed by atoms with van der Waals surface area (Å²) in [5, 5.41) is 19.7. The van der Waals surface area contributed by atoms with E-state index in [-0.39, 0.29) is 23.4 Å². The summed E-state index contributed by atoms with van der Waals surface area (Å²) in [6, 6.07) is 0. The molecular weight excluding hydrogens is 216 g/mol. The third-order valence-corrected chi connectivity index (χ3v) is 3.72. The fourth-order valence-corrected chi connectivity index (χ4v) is 2.46. The van der Waals surface area contributed by atoms with Crippen LogP contribution in [0, 0.1) is 5.41 Å². The van der Waals surface area contributed by atoms with Crippen LogP contribution in [0.5, 0.6) is 0 Å². The summed E-state index contributed by atoms with van der Waals surface area (Å²) in [6.45, 7) is 3.90. The van der Waals surface area contributed by atoms with E-state index in [4.69, 9.17) is 0 Å². The number of aliphatic hydroxyl groups excluding tert-OH is 2. The van der Waals surface area contributed by atoms with Crippen LogP contribution in [0.15, 0.2) is 12.2 Å². The lowest BCUT2D eigenvalue weighted by Gasteiger charge is -2.36. The third-order valence-electron chi connectivity index (χ3n) is 3.72. The fraction of sp³-hybridized carbons (Fsp3) is 0.786. The average Bonchev–Trinajstić information content (AvgIpc) is 2.32. The van der Waals surface area contributed by atoms with Crippen LogP contribution >= 0.6 is 0 Å². The van der Waals surface area contributed by atoms with Crippen LogP contribution in [0.25, 0.3) is 0 Å². The first kappa shape index (κ1) is 14.4. The maximum Gasteiger partial charge on any atom is 0.155 e. The van der Waals surface area contributed by atoms with Gasteiger partial charge in [0, 0.05) is 6.42 Å². The third kappa shape index (κ3) is 4.25. The molecule has 0 saturated carbocycles. The smallest absolute Gasteiger partial charge is 0.155 e. The van der Waals surface area contributed by atoms with Gasteiger partial charge < -0.3 is 10.2 Å². The van der Waals surface area contributed by atoms with Crippen molar-refractivity contribution in [2.75, 3.05) is 0 Å². The summed E-state index contributed by atoms with van der Waals surface area (Å²) in [6.07, 6.45) is 6.82. The van der Waals surface area contributed by atoms with Gasteiger partial charge in [-0.2, -0.15) is 0 Å². The predicted octanol–water partition coefficient (Wildman–Crippen LogP) is 2.21. The minimum absolute atomic E-state index is 0.151. The maximum atomic E-state index is 11.2. The molecule has 3 nitrogen and oxygen atoms in total. The molecule has 0 aliphatic heterocycles. The molecule has 1 aliphatic rings. The molecule has 1 aliphatic carbocycles. The predicted molar refractivity (Wildman–Crippen MR) is 67.6 cm³/mol. The first-order valence-electron chi connectivity index (χ1n) is 6.59. The van der Waals surface area contributed by atoms with Gasteiger partial charge in [0.15, 0.2) is 5.78 Å². The number of rotatable bonds is 6. The largest absolute Gasteiger partial charge is 0.393 e. The highest BCUT2D eigenvalue weighted by Gasteiger charge is 2.34. The Morgan fingerprint density at radius 2 is 1.76 bits per heavy atom. The first-order chi connectivity index (χ1) is 8.01. The topological polar surface area (TPSA) is 57.5 Å². The second kappa shape index (κ2) is 6.31. The van der Waals surface area contributed by atoms with Crippen molar-refractivity contribution < 1.29 is 15.0 Å². The highest BCUT2D eigenvalue weighted by atomic mass is 16.3. The van der Waals surface area contributed by atoms with Crippen molar-refractivity contribution in [3.63, 3.8) is 0 Å². The van der Waals surface area contributed by atoms with Gasteiger partial charge in [0.05, 0.1) is 12.2 Å². The molecule has 2 unspecified atom stereocenters. The number of hydrogen-bond donors (Lipinski definition) is 2. The zero-order valence-corrected chi connectivity index (χ0v) is 10.9. The Balaban J connectivity index is 2.77. The van der Waals surface area contributed by atoms with E-state index >= 15 is 0 Å². The van der Waals surface area contributed by atoms with E-state index in [9.17, 15) is 15.0 Å². The fourth-order valence-electron chi connectivity index (χ4n) is 2.46. The summed E-state index contributed by atoms with van der Waals surface area (Å²) in [7, 11) is 0.